The Morgan fingerprint density at radius 1 is 1.18 bits per heavy atom. The molecular formula is C17H27N3O2. The Kier molecular flexibility index (Phi) is 6.56. The van der Waals surface area contributed by atoms with Gasteiger partial charge >= 0.3 is 0 Å². The van der Waals surface area contributed by atoms with Crippen LogP contribution in [0.5, 0.6) is 0 Å². The number of likely N-dealkylation sites (N-methyl/N-ethyl adjacent to an activating group) is 1. The summed E-state index contributed by atoms with van der Waals surface area (Å²) in [6.07, 6.45) is 0. The monoisotopic (exact) mass is 305 g/mol. The maximum atomic E-state index is 12.4. The third-order valence-corrected chi connectivity index (χ3v) is 3.57. The highest BCUT2D eigenvalue weighted by atomic mass is 16.2. The molecule has 2 amide bonds. The first-order valence-corrected chi connectivity index (χ1v) is 7.68. The molecule has 0 bridgehead atoms. The molecule has 0 aromatic heterocycles. The van der Waals surface area contributed by atoms with E-state index in [2.05, 4.69) is 11.4 Å². The molecule has 0 aliphatic carbocycles. The van der Waals surface area contributed by atoms with Gasteiger partial charge in [-0.1, -0.05) is 19.9 Å². The maximum absolute atomic E-state index is 12.4. The Morgan fingerprint density at radius 3 is 2.18 bits per heavy atom. The van der Waals surface area contributed by atoms with E-state index in [9.17, 15) is 9.59 Å². The second-order valence-electron chi connectivity index (χ2n) is 5.97. The lowest BCUT2D eigenvalue weighted by Gasteiger charge is -2.23. The normalized spacial score (nSPS) is 12.1. The summed E-state index contributed by atoms with van der Waals surface area (Å²) in [5, 5.41) is 2.62. The van der Waals surface area contributed by atoms with E-state index < -0.39 is 6.04 Å². The first-order chi connectivity index (χ1) is 10.3. The van der Waals surface area contributed by atoms with Crippen molar-refractivity contribution >= 4 is 17.5 Å². The number of benzene rings is 1. The molecule has 0 aliphatic rings. The fourth-order valence-electron chi connectivity index (χ4n) is 2.29. The zero-order chi connectivity index (χ0) is 16.9. The first kappa shape index (κ1) is 18.2. The predicted molar refractivity (Wildman–Crippen MR) is 89.8 cm³/mol. The maximum Gasteiger partial charge on any atom is 0.246 e. The summed E-state index contributed by atoms with van der Waals surface area (Å²) >= 11 is 0. The fraction of sp³-hybridized carbons (Fsp3) is 0.529. The van der Waals surface area contributed by atoms with Gasteiger partial charge in [-0.2, -0.15) is 0 Å². The van der Waals surface area contributed by atoms with Crippen molar-refractivity contribution in [3.05, 3.63) is 29.3 Å². The molecule has 22 heavy (non-hydrogen) atoms. The minimum absolute atomic E-state index is 0.0387. The summed E-state index contributed by atoms with van der Waals surface area (Å²) < 4.78 is 0. The van der Waals surface area contributed by atoms with Gasteiger partial charge in [0.25, 0.3) is 0 Å². The van der Waals surface area contributed by atoms with Crippen molar-refractivity contribution < 1.29 is 9.59 Å². The summed E-state index contributed by atoms with van der Waals surface area (Å²) in [6, 6.07) is 5.40. The van der Waals surface area contributed by atoms with Crippen LogP contribution in [0.15, 0.2) is 18.2 Å². The summed E-state index contributed by atoms with van der Waals surface area (Å²) in [6.45, 7) is 10.2. The molecule has 0 fully saturated rings. The van der Waals surface area contributed by atoms with Crippen LogP contribution in [0.1, 0.15) is 31.9 Å². The van der Waals surface area contributed by atoms with Gasteiger partial charge in [0.15, 0.2) is 0 Å². The average molecular weight is 305 g/mol. The van der Waals surface area contributed by atoms with Crippen molar-refractivity contribution in [1.82, 2.24) is 5.32 Å². The standard InChI is InChI=1S/C17H27N3O2/c1-6-20(14-8-12(4)7-13(5)9-14)15(21)10-19-17(22)16(18)11(2)3/h7-9,11,16H,6,10,18H2,1-5H3,(H,19,22)/t16-/m0/s1. The topological polar surface area (TPSA) is 75.4 Å². The van der Waals surface area contributed by atoms with Crippen LogP contribution in [0.4, 0.5) is 5.69 Å². The molecule has 1 atom stereocenters. The third kappa shape index (κ3) is 4.84. The Morgan fingerprint density at radius 2 is 1.73 bits per heavy atom. The second-order valence-corrected chi connectivity index (χ2v) is 5.97. The summed E-state index contributed by atoms with van der Waals surface area (Å²) in [5.74, 6) is -0.395. The van der Waals surface area contributed by atoms with Gasteiger partial charge in [-0.15, -0.1) is 0 Å². The van der Waals surface area contributed by atoms with Crippen molar-refractivity contribution in [3.63, 3.8) is 0 Å². The molecule has 1 rings (SSSR count). The van der Waals surface area contributed by atoms with Gasteiger partial charge in [-0.25, -0.2) is 0 Å². The smallest absolute Gasteiger partial charge is 0.246 e. The number of hydrogen-bond donors (Lipinski definition) is 2. The van der Waals surface area contributed by atoms with Crippen molar-refractivity contribution in [3.8, 4) is 0 Å². The second kappa shape index (κ2) is 7.94. The van der Waals surface area contributed by atoms with Crippen LogP contribution in [0.2, 0.25) is 0 Å². The molecule has 0 unspecified atom stereocenters. The predicted octanol–water partition coefficient (Wildman–Crippen LogP) is 1.76. The van der Waals surface area contributed by atoms with E-state index >= 15 is 0 Å². The van der Waals surface area contributed by atoms with Crippen LogP contribution < -0.4 is 16.0 Å². The van der Waals surface area contributed by atoms with E-state index in [-0.39, 0.29) is 24.3 Å². The SMILES string of the molecule is CCN(C(=O)CNC(=O)[C@@H](N)C(C)C)c1cc(C)cc(C)c1. The highest BCUT2D eigenvalue weighted by Crippen LogP contribution is 2.18. The molecule has 0 heterocycles. The van der Waals surface area contributed by atoms with E-state index in [1.54, 1.807) is 4.90 Å². The van der Waals surface area contributed by atoms with Gasteiger partial charge in [0.2, 0.25) is 11.8 Å². The molecule has 0 aliphatic heterocycles. The van der Waals surface area contributed by atoms with E-state index in [0.717, 1.165) is 16.8 Å². The lowest BCUT2D eigenvalue weighted by molar-refractivity contribution is -0.126. The molecule has 3 N–H and O–H groups in total. The lowest BCUT2D eigenvalue weighted by atomic mass is 10.1. The van der Waals surface area contributed by atoms with Crippen LogP contribution >= 0.6 is 0 Å². The number of nitrogens with zero attached hydrogens (tertiary/aromatic N) is 1. The van der Waals surface area contributed by atoms with Crippen LogP contribution in [0, 0.1) is 19.8 Å². The molecule has 1 aromatic rings. The Balaban J connectivity index is 2.75. The Labute approximate surface area is 132 Å². The molecule has 0 saturated heterocycles. The van der Waals surface area contributed by atoms with Gasteiger partial charge in [-0.3, -0.25) is 9.59 Å². The number of nitrogens with two attached hydrogens (primary N) is 1. The van der Waals surface area contributed by atoms with Crippen LogP contribution in [0.3, 0.4) is 0 Å². The number of amides is 2. The highest BCUT2D eigenvalue weighted by Gasteiger charge is 2.20. The molecule has 0 spiro atoms. The van der Waals surface area contributed by atoms with Gasteiger partial charge in [0.1, 0.15) is 0 Å². The van der Waals surface area contributed by atoms with Gasteiger partial charge in [0.05, 0.1) is 12.6 Å². The minimum atomic E-state index is -0.593. The number of nitrogens with one attached hydrogen (secondary N) is 1. The molecular weight excluding hydrogens is 278 g/mol. The average Bonchev–Trinajstić information content (AvgIpc) is 2.43. The van der Waals surface area contributed by atoms with Crippen LogP contribution in [-0.4, -0.2) is 30.9 Å². The van der Waals surface area contributed by atoms with Gasteiger partial charge in [0, 0.05) is 12.2 Å². The molecule has 5 heteroatoms. The highest BCUT2D eigenvalue weighted by molar-refractivity contribution is 5.97. The summed E-state index contributed by atoms with van der Waals surface area (Å²) in [7, 11) is 0. The Hall–Kier alpha value is -1.88. The minimum Gasteiger partial charge on any atom is -0.346 e. The van der Waals surface area contributed by atoms with Crippen molar-refractivity contribution in [2.75, 3.05) is 18.0 Å². The van der Waals surface area contributed by atoms with E-state index in [1.165, 1.54) is 0 Å². The van der Waals surface area contributed by atoms with Crippen molar-refractivity contribution in [2.45, 2.75) is 40.7 Å². The number of anilines is 1. The summed E-state index contributed by atoms with van der Waals surface area (Å²) in [4.78, 5) is 25.9. The third-order valence-electron chi connectivity index (χ3n) is 3.57. The van der Waals surface area contributed by atoms with Crippen LogP contribution in [0.25, 0.3) is 0 Å². The molecule has 0 radical (unpaired) electrons. The molecule has 0 saturated carbocycles. The van der Waals surface area contributed by atoms with E-state index in [0.29, 0.717) is 6.54 Å². The van der Waals surface area contributed by atoms with Crippen molar-refractivity contribution in [2.24, 2.45) is 11.7 Å². The summed E-state index contributed by atoms with van der Waals surface area (Å²) in [5.41, 5.74) is 8.83. The lowest BCUT2D eigenvalue weighted by Crippen LogP contribution is -2.48. The molecule has 5 nitrogen and oxygen atoms in total. The fourth-order valence-corrected chi connectivity index (χ4v) is 2.29. The Bertz CT molecular complexity index is 520. The van der Waals surface area contributed by atoms with Crippen molar-refractivity contribution in [1.29, 1.82) is 0 Å². The molecule has 1 aromatic carbocycles. The molecule has 122 valence electrons. The number of carbonyl (C=O) groups is 2. The number of aryl methyl sites for hydroxylation is 2. The number of rotatable bonds is 6. The number of hydrogen-bond acceptors (Lipinski definition) is 3. The zero-order valence-corrected chi connectivity index (χ0v) is 14.1. The number of carbonyl (C=O) groups excluding carboxylic acids is 2. The van der Waals surface area contributed by atoms with E-state index in [4.69, 9.17) is 5.73 Å². The zero-order valence-electron chi connectivity index (χ0n) is 14.1. The first-order valence-electron chi connectivity index (χ1n) is 7.68. The van der Waals surface area contributed by atoms with Gasteiger partial charge in [-0.05, 0) is 49.9 Å². The van der Waals surface area contributed by atoms with E-state index in [1.807, 2.05) is 46.8 Å². The van der Waals surface area contributed by atoms with Gasteiger partial charge < -0.3 is 16.0 Å². The van der Waals surface area contributed by atoms with Crippen LogP contribution in [-0.2, 0) is 9.59 Å². The quantitative estimate of drug-likeness (QED) is 0.841. The largest absolute Gasteiger partial charge is 0.346 e.